The lowest BCUT2D eigenvalue weighted by molar-refractivity contribution is -0.137. The number of hydrogen-bond acceptors (Lipinski definition) is 5. The molecule has 116 valence electrons. The zero-order valence-corrected chi connectivity index (χ0v) is 12.9. The standard InChI is InChI=1S/C15H22N2O4/c1-5-17(6-2)14(18)10(3)21-13-9-11(15(19)20-4)7-8-12(13)16/h7-10H,5-6,16H2,1-4H3. The number of carbonyl (C=O) groups is 2. The molecule has 0 spiro atoms. The second-order valence-corrected chi connectivity index (χ2v) is 4.51. The lowest BCUT2D eigenvalue weighted by Gasteiger charge is -2.24. The van der Waals surface area contributed by atoms with E-state index in [9.17, 15) is 9.59 Å². The number of methoxy groups -OCH3 is 1. The molecular formula is C15H22N2O4. The Balaban J connectivity index is 2.91. The fourth-order valence-corrected chi connectivity index (χ4v) is 1.91. The molecule has 0 radical (unpaired) electrons. The zero-order valence-electron chi connectivity index (χ0n) is 12.9. The van der Waals surface area contributed by atoms with Crippen molar-refractivity contribution in [2.75, 3.05) is 25.9 Å². The van der Waals surface area contributed by atoms with E-state index in [1.807, 2.05) is 13.8 Å². The van der Waals surface area contributed by atoms with Crippen molar-refractivity contribution in [3.05, 3.63) is 23.8 Å². The predicted octanol–water partition coefficient (Wildman–Crippen LogP) is 1.69. The summed E-state index contributed by atoms with van der Waals surface area (Å²) in [6.45, 7) is 6.69. The van der Waals surface area contributed by atoms with Gasteiger partial charge in [0.05, 0.1) is 18.4 Å². The minimum atomic E-state index is -0.680. The van der Waals surface area contributed by atoms with Crippen LogP contribution in [0.5, 0.6) is 5.75 Å². The largest absolute Gasteiger partial charge is 0.479 e. The second kappa shape index (κ2) is 7.52. The number of esters is 1. The number of anilines is 1. The monoisotopic (exact) mass is 294 g/mol. The number of nitrogens with zero attached hydrogens (tertiary/aromatic N) is 1. The third kappa shape index (κ3) is 4.11. The summed E-state index contributed by atoms with van der Waals surface area (Å²) in [4.78, 5) is 25.3. The fraction of sp³-hybridized carbons (Fsp3) is 0.467. The van der Waals surface area contributed by atoms with E-state index in [0.29, 0.717) is 30.1 Å². The Morgan fingerprint density at radius 2 is 1.90 bits per heavy atom. The van der Waals surface area contributed by atoms with Crippen molar-refractivity contribution in [3.8, 4) is 5.75 Å². The Morgan fingerprint density at radius 3 is 2.43 bits per heavy atom. The van der Waals surface area contributed by atoms with Gasteiger partial charge in [0, 0.05) is 13.1 Å². The molecule has 6 nitrogen and oxygen atoms in total. The first kappa shape index (κ1) is 16.8. The normalized spacial score (nSPS) is 11.6. The maximum atomic E-state index is 12.2. The number of ether oxygens (including phenoxy) is 2. The van der Waals surface area contributed by atoms with Gasteiger partial charge in [0.1, 0.15) is 5.75 Å². The second-order valence-electron chi connectivity index (χ2n) is 4.51. The van der Waals surface area contributed by atoms with Crippen molar-refractivity contribution in [3.63, 3.8) is 0 Å². The molecule has 0 bridgehead atoms. The number of rotatable bonds is 6. The molecule has 2 N–H and O–H groups in total. The minimum Gasteiger partial charge on any atom is -0.479 e. The first-order chi connectivity index (χ1) is 9.94. The first-order valence-electron chi connectivity index (χ1n) is 6.87. The molecule has 21 heavy (non-hydrogen) atoms. The molecule has 0 saturated heterocycles. The molecule has 0 aliphatic rings. The molecule has 0 aliphatic heterocycles. The first-order valence-corrected chi connectivity index (χ1v) is 6.87. The maximum absolute atomic E-state index is 12.2. The lowest BCUT2D eigenvalue weighted by Crippen LogP contribution is -2.40. The van der Waals surface area contributed by atoms with Crippen molar-refractivity contribution in [2.24, 2.45) is 0 Å². The highest BCUT2D eigenvalue weighted by Gasteiger charge is 2.21. The number of amides is 1. The Kier molecular flexibility index (Phi) is 6.02. The van der Waals surface area contributed by atoms with Crippen LogP contribution in [0.3, 0.4) is 0 Å². The Bertz CT molecular complexity index is 512. The van der Waals surface area contributed by atoms with Crippen LogP contribution in [0.1, 0.15) is 31.1 Å². The molecule has 0 saturated carbocycles. The van der Waals surface area contributed by atoms with E-state index >= 15 is 0 Å². The number of benzene rings is 1. The van der Waals surface area contributed by atoms with Crippen molar-refractivity contribution >= 4 is 17.6 Å². The van der Waals surface area contributed by atoms with Crippen molar-refractivity contribution < 1.29 is 19.1 Å². The van der Waals surface area contributed by atoms with Gasteiger partial charge in [0.15, 0.2) is 6.10 Å². The van der Waals surface area contributed by atoms with Gasteiger partial charge in [-0.3, -0.25) is 4.79 Å². The maximum Gasteiger partial charge on any atom is 0.337 e. The molecule has 1 rings (SSSR count). The highest BCUT2D eigenvalue weighted by Crippen LogP contribution is 2.24. The molecule has 0 aromatic heterocycles. The SMILES string of the molecule is CCN(CC)C(=O)C(C)Oc1cc(C(=O)OC)ccc1N. The van der Waals surface area contributed by atoms with Crippen LogP contribution in [0.4, 0.5) is 5.69 Å². The number of likely N-dealkylation sites (N-methyl/N-ethyl adjacent to an activating group) is 1. The zero-order chi connectivity index (χ0) is 16.0. The summed E-state index contributed by atoms with van der Waals surface area (Å²) in [7, 11) is 1.30. The Labute approximate surface area is 124 Å². The van der Waals surface area contributed by atoms with Crippen LogP contribution in [0.25, 0.3) is 0 Å². The van der Waals surface area contributed by atoms with Crippen molar-refractivity contribution in [1.29, 1.82) is 0 Å². The Hall–Kier alpha value is -2.24. The quantitative estimate of drug-likeness (QED) is 0.638. The van der Waals surface area contributed by atoms with E-state index in [4.69, 9.17) is 10.5 Å². The molecule has 1 aromatic rings. The van der Waals surface area contributed by atoms with Crippen LogP contribution < -0.4 is 10.5 Å². The van der Waals surface area contributed by atoms with E-state index in [1.165, 1.54) is 13.2 Å². The van der Waals surface area contributed by atoms with Crippen LogP contribution in [-0.4, -0.2) is 43.1 Å². The van der Waals surface area contributed by atoms with Gasteiger partial charge in [-0.25, -0.2) is 4.79 Å². The van der Waals surface area contributed by atoms with Crippen LogP contribution in [0, 0.1) is 0 Å². The summed E-state index contributed by atoms with van der Waals surface area (Å²) in [5.74, 6) is -0.309. The molecule has 6 heteroatoms. The number of nitrogen functional groups attached to an aromatic ring is 1. The van der Waals surface area contributed by atoms with E-state index < -0.39 is 12.1 Å². The predicted molar refractivity (Wildman–Crippen MR) is 80.2 cm³/mol. The van der Waals surface area contributed by atoms with Crippen molar-refractivity contribution in [1.82, 2.24) is 4.90 Å². The van der Waals surface area contributed by atoms with Gasteiger partial charge < -0.3 is 20.1 Å². The van der Waals surface area contributed by atoms with E-state index in [1.54, 1.807) is 24.0 Å². The van der Waals surface area contributed by atoms with Crippen molar-refractivity contribution in [2.45, 2.75) is 26.9 Å². The molecular weight excluding hydrogens is 272 g/mol. The molecule has 1 amide bonds. The molecule has 1 unspecified atom stereocenters. The van der Waals surface area contributed by atoms with Crippen LogP contribution in [0.2, 0.25) is 0 Å². The summed E-state index contributed by atoms with van der Waals surface area (Å²) < 4.78 is 10.2. The van der Waals surface area contributed by atoms with Crippen LogP contribution in [0.15, 0.2) is 18.2 Å². The average Bonchev–Trinajstić information content (AvgIpc) is 2.49. The summed E-state index contributed by atoms with van der Waals surface area (Å²) >= 11 is 0. The third-order valence-electron chi connectivity index (χ3n) is 3.16. The molecule has 0 fully saturated rings. The summed E-state index contributed by atoms with van der Waals surface area (Å²) in [6.07, 6.45) is -0.680. The van der Waals surface area contributed by atoms with E-state index in [-0.39, 0.29) is 5.91 Å². The average molecular weight is 294 g/mol. The van der Waals surface area contributed by atoms with E-state index in [2.05, 4.69) is 4.74 Å². The molecule has 0 aliphatic carbocycles. The summed E-state index contributed by atoms with van der Waals surface area (Å²) in [5.41, 5.74) is 6.50. The van der Waals surface area contributed by atoms with Gasteiger partial charge in [-0.2, -0.15) is 0 Å². The summed E-state index contributed by atoms with van der Waals surface area (Å²) in [6, 6.07) is 4.58. The van der Waals surface area contributed by atoms with Gasteiger partial charge in [0.25, 0.3) is 5.91 Å². The highest BCUT2D eigenvalue weighted by atomic mass is 16.5. The highest BCUT2D eigenvalue weighted by molar-refractivity contribution is 5.90. The minimum absolute atomic E-state index is 0.122. The molecule has 0 heterocycles. The molecule has 1 atom stereocenters. The third-order valence-corrected chi connectivity index (χ3v) is 3.16. The number of nitrogens with two attached hydrogens (primary N) is 1. The fourth-order valence-electron chi connectivity index (χ4n) is 1.91. The lowest BCUT2D eigenvalue weighted by atomic mass is 10.2. The van der Waals surface area contributed by atoms with Gasteiger partial charge in [-0.15, -0.1) is 0 Å². The number of hydrogen-bond donors (Lipinski definition) is 1. The number of carbonyl (C=O) groups excluding carboxylic acids is 2. The van der Waals surface area contributed by atoms with Crippen LogP contribution >= 0.6 is 0 Å². The Morgan fingerprint density at radius 1 is 1.29 bits per heavy atom. The van der Waals surface area contributed by atoms with Gasteiger partial charge >= 0.3 is 5.97 Å². The van der Waals surface area contributed by atoms with E-state index in [0.717, 1.165) is 0 Å². The summed E-state index contributed by atoms with van der Waals surface area (Å²) in [5, 5.41) is 0. The van der Waals surface area contributed by atoms with Crippen LogP contribution in [-0.2, 0) is 9.53 Å². The van der Waals surface area contributed by atoms with Gasteiger partial charge in [-0.1, -0.05) is 0 Å². The smallest absolute Gasteiger partial charge is 0.337 e. The topological polar surface area (TPSA) is 81.9 Å². The molecule has 1 aromatic carbocycles. The van der Waals surface area contributed by atoms with Gasteiger partial charge in [0.2, 0.25) is 0 Å². The van der Waals surface area contributed by atoms with Gasteiger partial charge in [-0.05, 0) is 39.0 Å².